The van der Waals surface area contributed by atoms with E-state index in [1.165, 1.54) is 46.5 Å². The summed E-state index contributed by atoms with van der Waals surface area (Å²) in [5.74, 6) is -2.29. The van der Waals surface area contributed by atoms with E-state index in [2.05, 4.69) is 21.4 Å². The summed E-state index contributed by atoms with van der Waals surface area (Å²) in [5, 5.41) is 34.9. The van der Waals surface area contributed by atoms with E-state index in [1.807, 2.05) is 12.1 Å². The van der Waals surface area contributed by atoms with Crippen LogP contribution in [0, 0.1) is 6.92 Å². The van der Waals surface area contributed by atoms with Crippen molar-refractivity contribution in [3.63, 3.8) is 0 Å². The average molecular weight is 502 g/mol. The minimum Gasteiger partial charge on any atom is -0.870 e. The molecule has 2 aromatic heterocycles. The summed E-state index contributed by atoms with van der Waals surface area (Å²) in [6.45, 7) is 1.71. The number of furan rings is 1. The maximum Gasteiger partial charge on any atom is 1.00 e. The minimum absolute atomic E-state index is 0. The van der Waals surface area contributed by atoms with Crippen LogP contribution < -0.4 is 74.9 Å². The standard InChI is InChI=1S/C25H22N4O5.2Na/c1-14-22(24(31)29(28-14)17-10-9-15-5-2-3-6-16(15)13-17)27-26-19-8-4-7-18(23(19)30)20-11-12-21(34-20)25(32)33;;/h4,7-13,28,30H,2-3,5-6H2,1H3,(H,32,33);;/q;2*+1/p-2. The Kier molecular flexibility index (Phi) is 9.21. The number of benzene rings is 2. The summed E-state index contributed by atoms with van der Waals surface area (Å²) < 4.78 is 6.60. The Hall–Kier alpha value is -2.40. The molecule has 4 aromatic rings. The van der Waals surface area contributed by atoms with Crippen molar-refractivity contribution in [1.29, 1.82) is 0 Å². The second kappa shape index (κ2) is 11.8. The number of rotatable bonds is 5. The fourth-order valence-corrected chi connectivity index (χ4v) is 4.19. The number of carbonyl (C=O) groups excluding carboxylic acids is 1. The quantitative estimate of drug-likeness (QED) is 0.237. The zero-order chi connectivity index (χ0) is 23.8. The molecule has 2 heterocycles. The Bertz CT molecular complexity index is 1500. The number of aromatic carboxylic acids is 1. The van der Waals surface area contributed by atoms with Crippen molar-refractivity contribution in [2.75, 3.05) is 0 Å². The molecule has 0 fully saturated rings. The first-order valence-electron chi connectivity index (χ1n) is 10.9. The van der Waals surface area contributed by atoms with E-state index in [4.69, 9.17) is 4.42 Å². The predicted molar refractivity (Wildman–Crippen MR) is 120 cm³/mol. The monoisotopic (exact) mass is 502 g/mol. The number of nitrogens with one attached hydrogen (secondary N) is 1. The number of aryl methyl sites for hydroxylation is 3. The molecule has 2 aromatic carbocycles. The molecule has 9 nitrogen and oxygen atoms in total. The molecule has 1 aliphatic rings. The van der Waals surface area contributed by atoms with Crippen molar-refractivity contribution in [2.45, 2.75) is 32.6 Å². The third-order valence-electron chi connectivity index (χ3n) is 5.96. The molecule has 0 amide bonds. The van der Waals surface area contributed by atoms with E-state index in [1.54, 1.807) is 13.0 Å². The largest absolute Gasteiger partial charge is 1.00 e. The molecule has 1 N–H and O–H groups in total. The van der Waals surface area contributed by atoms with Gasteiger partial charge in [0.2, 0.25) is 0 Å². The van der Waals surface area contributed by atoms with E-state index < -0.39 is 11.7 Å². The number of para-hydroxylation sites is 1. The number of aromatic amines is 1. The number of aromatic nitrogens is 2. The molecule has 5 rings (SSSR count). The number of carboxylic acids is 1. The van der Waals surface area contributed by atoms with Gasteiger partial charge in [0.15, 0.2) is 5.69 Å². The fourth-order valence-electron chi connectivity index (χ4n) is 4.19. The number of nitrogens with zero attached hydrogens (tertiary/aromatic N) is 3. The number of carboxylic acid groups (broad SMARTS) is 1. The minimum atomic E-state index is -1.48. The maximum absolute atomic E-state index is 13.0. The second-order valence-electron chi connectivity index (χ2n) is 8.19. The van der Waals surface area contributed by atoms with E-state index >= 15 is 0 Å². The molecule has 0 radical (unpaired) electrons. The summed E-state index contributed by atoms with van der Waals surface area (Å²) in [6, 6.07) is 13.1. The number of H-pyrrole nitrogens is 1. The summed E-state index contributed by atoms with van der Waals surface area (Å²) in [5.41, 5.74) is 3.65. The van der Waals surface area contributed by atoms with Gasteiger partial charge in [-0.1, -0.05) is 23.9 Å². The van der Waals surface area contributed by atoms with Crippen LogP contribution in [-0.2, 0) is 12.8 Å². The van der Waals surface area contributed by atoms with Crippen LogP contribution in [0.3, 0.4) is 0 Å². The predicted octanol–water partition coefficient (Wildman–Crippen LogP) is -2.53. The van der Waals surface area contributed by atoms with Gasteiger partial charge in [-0.25, -0.2) is 4.68 Å². The number of hydrogen-bond acceptors (Lipinski definition) is 7. The SMILES string of the molecule is Cc1[nH]n(-c2ccc3c(c2)CCCC3)c(=O)c1N=Nc1cccc(-c2ccc(C(=O)[O-])o2)c1[O-].[Na+].[Na+]. The van der Waals surface area contributed by atoms with Crippen LogP contribution in [0.25, 0.3) is 17.0 Å². The van der Waals surface area contributed by atoms with Crippen LogP contribution in [0.5, 0.6) is 5.75 Å². The maximum atomic E-state index is 13.0. The van der Waals surface area contributed by atoms with Gasteiger partial charge in [0, 0.05) is 5.56 Å². The molecule has 1 aliphatic carbocycles. The van der Waals surface area contributed by atoms with Gasteiger partial charge in [-0.3, -0.25) is 9.89 Å². The Labute approximate surface area is 250 Å². The summed E-state index contributed by atoms with van der Waals surface area (Å²) in [7, 11) is 0. The average Bonchev–Trinajstić information content (AvgIpc) is 3.43. The van der Waals surface area contributed by atoms with Gasteiger partial charge in [0.05, 0.1) is 17.1 Å². The van der Waals surface area contributed by atoms with E-state index in [9.17, 15) is 19.8 Å². The Morgan fingerprint density at radius 1 is 1.03 bits per heavy atom. The molecule has 36 heavy (non-hydrogen) atoms. The Morgan fingerprint density at radius 3 is 2.50 bits per heavy atom. The molecule has 11 heteroatoms. The smallest absolute Gasteiger partial charge is 0.870 e. The summed E-state index contributed by atoms with van der Waals surface area (Å²) in [4.78, 5) is 24.0. The van der Waals surface area contributed by atoms with Crippen LogP contribution in [-0.4, -0.2) is 15.7 Å². The van der Waals surface area contributed by atoms with Crippen molar-refractivity contribution in [3.8, 4) is 22.8 Å². The molecule has 0 spiro atoms. The van der Waals surface area contributed by atoms with Crippen molar-refractivity contribution >= 4 is 17.3 Å². The fraction of sp³-hybridized carbons (Fsp3) is 0.200. The summed E-state index contributed by atoms with van der Waals surface area (Å²) in [6.07, 6.45) is 4.36. The van der Waals surface area contributed by atoms with Crippen molar-refractivity contribution in [3.05, 3.63) is 81.5 Å². The Balaban J connectivity index is 0.00000180. The van der Waals surface area contributed by atoms with Crippen LogP contribution >= 0.6 is 0 Å². The van der Waals surface area contributed by atoms with E-state index in [0.29, 0.717) is 5.69 Å². The third-order valence-corrected chi connectivity index (χ3v) is 5.96. The molecule has 0 unspecified atom stereocenters. The first-order chi connectivity index (χ1) is 16.4. The van der Waals surface area contributed by atoms with Gasteiger partial charge in [-0.05, 0) is 74.1 Å². The van der Waals surface area contributed by atoms with Crippen molar-refractivity contribution in [1.82, 2.24) is 9.78 Å². The van der Waals surface area contributed by atoms with Gasteiger partial charge in [0.1, 0.15) is 17.5 Å². The van der Waals surface area contributed by atoms with Gasteiger partial charge in [0.25, 0.3) is 5.56 Å². The first-order valence-corrected chi connectivity index (χ1v) is 10.9. The zero-order valence-electron chi connectivity index (χ0n) is 20.3. The number of carbonyl (C=O) groups is 1. The van der Waals surface area contributed by atoms with E-state index in [0.717, 1.165) is 24.9 Å². The number of hydrogen-bond donors (Lipinski definition) is 1. The van der Waals surface area contributed by atoms with Gasteiger partial charge in [-0.2, -0.15) is 5.11 Å². The van der Waals surface area contributed by atoms with Gasteiger partial charge < -0.3 is 19.4 Å². The third kappa shape index (κ3) is 5.46. The molecule has 0 atom stereocenters. The molecule has 0 saturated heterocycles. The molecule has 0 saturated carbocycles. The van der Waals surface area contributed by atoms with Crippen LogP contribution in [0.4, 0.5) is 11.4 Å². The van der Waals surface area contributed by atoms with Gasteiger partial charge >= 0.3 is 59.1 Å². The van der Waals surface area contributed by atoms with Crippen molar-refractivity contribution in [2.24, 2.45) is 10.2 Å². The Morgan fingerprint density at radius 2 is 1.78 bits per heavy atom. The molecular weight excluding hydrogens is 482 g/mol. The second-order valence-corrected chi connectivity index (χ2v) is 8.19. The van der Waals surface area contributed by atoms with E-state index in [-0.39, 0.29) is 93.1 Å². The van der Waals surface area contributed by atoms with Gasteiger partial charge in [-0.15, -0.1) is 5.11 Å². The number of fused-ring (bicyclic) bond motifs is 1. The van der Waals surface area contributed by atoms with Crippen LogP contribution in [0.1, 0.15) is 40.2 Å². The topological polar surface area (TPSA) is 139 Å². The molecular formula is C25H20N4Na2O5. The number of azo groups is 1. The zero-order valence-corrected chi connectivity index (χ0v) is 24.3. The van der Waals surface area contributed by atoms with Crippen molar-refractivity contribution < 1.29 is 78.5 Å². The van der Waals surface area contributed by atoms with Crippen LogP contribution in [0.2, 0.25) is 0 Å². The van der Waals surface area contributed by atoms with Crippen LogP contribution in [0.15, 0.2) is 68.0 Å². The summed E-state index contributed by atoms with van der Waals surface area (Å²) >= 11 is 0. The first kappa shape index (κ1) is 28.2. The molecule has 0 aliphatic heterocycles. The molecule has 172 valence electrons. The molecule has 0 bridgehead atoms. The normalized spacial score (nSPS) is 12.6.